The fourth-order valence-electron chi connectivity index (χ4n) is 1.50. The standard InChI is InChI=1S/C12H13N3O2S/c1-17-11(16)7-18-6-10-14-9-5-3-2-4-8(9)12(13)15-10/h2-5H,6-7H2,1H3,(H2,13,14,15). The summed E-state index contributed by atoms with van der Waals surface area (Å²) < 4.78 is 4.56. The lowest BCUT2D eigenvalue weighted by molar-refractivity contribution is -0.137. The molecule has 18 heavy (non-hydrogen) atoms. The molecule has 0 fully saturated rings. The average molecular weight is 263 g/mol. The number of nitrogens with two attached hydrogens (primary N) is 1. The summed E-state index contributed by atoms with van der Waals surface area (Å²) in [5.41, 5.74) is 6.68. The number of rotatable bonds is 4. The van der Waals surface area contributed by atoms with Crippen molar-refractivity contribution in [3.63, 3.8) is 0 Å². The SMILES string of the molecule is COC(=O)CSCc1nc(N)c2ccccc2n1. The quantitative estimate of drug-likeness (QED) is 0.844. The summed E-state index contributed by atoms with van der Waals surface area (Å²) in [6.07, 6.45) is 0. The Morgan fingerprint density at radius 3 is 2.94 bits per heavy atom. The van der Waals surface area contributed by atoms with Crippen LogP contribution in [0.1, 0.15) is 5.82 Å². The molecule has 0 radical (unpaired) electrons. The number of ether oxygens (including phenoxy) is 1. The van der Waals surface area contributed by atoms with Gasteiger partial charge in [0.1, 0.15) is 11.6 Å². The first-order chi connectivity index (χ1) is 8.70. The molecule has 2 rings (SSSR count). The molecule has 1 aromatic carbocycles. The van der Waals surface area contributed by atoms with Crippen LogP contribution >= 0.6 is 11.8 Å². The van der Waals surface area contributed by atoms with E-state index in [2.05, 4.69) is 14.7 Å². The lowest BCUT2D eigenvalue weighted by Gasteiger charge is -2.04. The summed E-state index contributed by atoms with van der Waals surface area (Å²) in [6, 6.07) is 7.58. The molecule has 5 nitrogen and oxygen atoms in total. The van der Waals surface area contributed by atoms with Gasteiger partial charge < -0.3 is 10.5 Å². The van der Waals surface area contributed by atoms with E-state index >= 15 is 0 Å². The van der Waals surface area contributed by atoms with Crippen LogP contribution in [0.25, 0.3) is 10.9 Å². The molecule has 0 atom stereocenters. The van der Waals surface area contributed by atoms with E-state index in [-0.39, 0.29) is 11.7 Å². The number of carbonyl (C=O) groups excluding carboxylic acids is 1. The molecule has 0 saturated heterocycles. The second-order valence-corrected chi connectivity index (χ2v) is 4.60. The van der Waals surface area contributed by atoms with Crippen LogP contribution in [0.5, 0.6) is 0 Å². The van der Waals surface area contributed by atoms with Gasteiger partial charge in [-0.3, -0.25) is 4.79 Å². The minimum absolute atomic E-state index is 0.256. The number of esters is 1. The Bertz CT molecular complexity index is 574. The Balaban J connectivity index is 2.12. The predicted octanol–water partition coefficient (Wildman–Crippen LogP) is 1.62. The van der Waals surface area contributed by atoms with Crippen molar-refractivity contribution < 1.29 is 9.53 Å². The third kappa shape index (κ3) is 2.89. The highest BCUT2D eigenvalue weighted by atomic mass is 32.2. The monoisotopic (exact) mass is 263 g/mol. The molecule has 0 amide bonds. The Morgan fingerprint density at radius 1 is 1.39 bits per heavy atom. The fourth-order valence-corrected chi connectivity index (χ4v) is 2.20. The minimum atomic E-state index is -0.256. The van der Waals surface area contributed by atoms with Crippen molar-refractivity contribution in [2.75, 3.05) is 18.6 Å². The molecule has 2 N–H and O–H groups in total. The second kappa shape index (κ2) is 5.68. The Morgan fingerprint density at radius 2 is 2.17 bits per heavy atom. The molecule has 0 aliphatic heterocycles. The van der Waals surface area contributed by atoms with Crippen molar-refractivity contribution in [1.82, 2.24) is 9.97 Å². The van der Waals surface area contributed by atoms with Gasteiger partial charge in [0.2, 0.25) is 0 Å². The van der Waals surface area contributed by atoms with Crippen LogP contribution in [-0.4, -0.2) is 28.8 Å². The number of hydrogen-bond acceptors (Lipinski definition) is 6. The summed E-state index contributed by atoms with van der Waals surface area (Å²) in [4.78, 5) is 19.6. The number of hydrogen-bond donors (Lipinski definition) is 1. The number of methoxy groups -OCH3 is 1. The topological polar surface area (TPSA) is 78.1 Å². The van der Waals surface area contributed by atoms with Gasteiger partial charge in [0, 0.05) is 5.39 Å². The lowest BCUT2D eigenvalue weighted by atomic mass is 10.2. The van der Waals surface area contributed by atoms with E-state index in [1.165, 1.54) is 18.9 Å². The van der Waals surface area contributed by atoms with E-state index in [0.717, 1.165) is 10.9 Å². The first-order valence-electron chi connectivity index (χ1n) is 5.36. The van der Waals surface area contributed by atoms with E-state index in [1.54, 1.807) is 0 Å². The van der Waals surface area contributed by atoms with E-state index in [9.17, 15) is 4.79 Å². The molecule has 1 aromatic heterocycles. The van der Waals surface area contributed by atoms with Crippen LogP contribution < -0.4 is 5.73 Å². The van der Waals surface area contributed by atoms with Gasteiger partial charge in [-0.1, -0.05) is 12.1 Å². The van der Waals surface area contributed by atoms with Crippen molar-refractivity contribution >= 4 is 34.5 Å². The van der Waals surface area contributed by atoms with Crippen molar-refractivity contribution in [2.45, 2.75) is 5.75 Å². The Labute approximate surface area is 109 Å². The van der Waals surface area contributed by atoms with Crippen LogP contribution in [0, 0.1) is 0 Å². The van der Waals surface area contributed by atoms with Gasteiger partial charge in [-0.05, 0) is 12.1 Å². The normalized spacial score (nSPS) is 10.5. The average Bonchev–Trinajstić information content (AvgIpc) is 2.38. The highest BCUT2D eigenvalue weighted by Gasteiger charge is 2.06. The Kier molecular flexibility index (Phi) is 3.99. The maximum Gasteiger partial charge on any atom is 0.315 e. The number of aromatic nitrogens is 2. The summed E-state index contributed by atoms with van der Waals surface area (Å²) in [5, 5.41) is 0.846. The summed E-state index contributed by atoms with van der Waals surface area (Å²) in [7, 11) is 1.37. The molecule has 1 heterocycles. The van der Waals surface area contributed by atoms with Crippen molar-refractivity contribution in [1.29, 1.82) is 0 Å². The third-order valence-electron chi connectivity index (χ3n) is 2.36. The number of thioether (sulfide) groups is 1. The molecule has 0 bridgehead atoms. The molecule has 0 unspecified atom stereocenters. The largest absolute Gasteiger partial charge is 0.468 e. The molecule has 2 aromatic rings. The third-order valence-corrected chi connectivity index (χ3v) is 3.26. The van der Waals surface area contributed by atoms with Crippen LogP contribution in [0.4, 0.5) is 5.82 Å². The lowest BCUT2D eigenvalue weighted by Crippen LogP contribution is -2.05. The number of para-hydroxylation sites is 1. The molecule has 94 valence electrons. The van der Waals surface area contributed by atoms with Gasteiger partial charge >= 0.3 is 5.97 Å². The zero-order valence-corrected chi connectivity index (χ0v) is 10.7. The number of nitrogens with zero attached hydrogens (tertiary/aromatic N) is 2. The molecule has 0 spiro atoms. The van der Waals surface area contributed by atoms with Gasteiger partial charge in [0.25, 0.3) is 0 Å². The van der Waals surface area contributed by atoms with E-state index < -0.39 is 0 Å². The number of benzene rings is 1. The fraction of sp³-hybridized carbons (Fsp3) is 0.250. The number of anilines is 1. The zero-order chi connectivity index (χ0) is 13.0. The molecule has 0 saturated carbocycles. The van der Waals surface area contributed by atoms with Gasteiger partial charge in [-0.2, -0.15) is 0 Å². The van der Waals surface area contributed by atoms with Crippen LogP contribution in [0.3, 0.4) is 0 Å². The maximum absolute atomic E-state index is 11.0. The first-order valence-corrected chi connectivity index (χ1v) is 6.52. The number of carbonyl (C=O) groups is 1. The first kappa shape index (κ1) is 12.6. The zero-order valence-electron chi connectivity index (χ0n) is 9.92. The molecule has 0 aliphatic rings. The van der Waals surface area contributed by atoms with Crippen molar-refractivity contribution in [3.05, 3.63) is 30.1 Å². The predicted molar refractivity (Wildman–Crippen MR) is 72.1 cm³/mol. The van der Waals surface area contributed by atoms with Crippen LogP contribution in [0.2, 0.25) is 0 Å². The van der Waals surface area contributed by atoms with Gasteiger partial charge in [-0.15, -0.1) is 11.8 Å². The highest BCUT2D eigenvalue weighted by molar-refractivity contribution is 7.99. The van der Waals surface area contributed by atoms with Crippen LogP contribution in [-0.2, 0) is 15.3 Å². The number of fused-ring (bicyclic) bond motifs is 1. The smallest absolute Gasteiger partial charge is 0.315 e. The molecule has 6 heteroatoms. The van der Waals surface area contributed by atoms with Crippen molar-refractivity contribution in [2.24, 2.45) is 0 Å². The van der Waals surface area contributed by atoms with E-state index in [4.69, 9.17) is 5.73 Å². The summed E-state index contributed by atoms with van der Waals surface area (Å²) in [6.45, 7) is 0. The van der Waals surface area contributed by atoms with Crippen LogP contribution in [0.15, 0.2) is 24.3 Å². The minimum Gasteiger partial charge on any atom is -0.468 e. The molecular formula is C12H13N3O2S. The van der Waals surface area contributed by atoms with E-state index in [0.29, 0.717) is 17.4 Å². The second-order valence-electron chi connectivity index (χ2n) is 3.61. The number of nitrogen functional groups attached to an aromatic ring is 1. The molecular weight excluding hydrogens is 250 g/mol. The molecule has 0 aliphatic carbocycles. The Hall–Kier alpha value is -1.82. The van der Waals surface area contributed by atoms with Gasteiger partial charge in [0.05, 0.1) is 24.1 Å². The van der Waals surface area contributed by atoms with Gasteiger partial charge in [0.15, 0.2) is 0 Å². The highest BCUT2D eigenvalue weighted by Crippen LogP contribution is 2.19. The van der Waals surface area contributed by atoms with Gasteiger partial charge in [-0.25, -0.2) is 9.97 Å². The van der Waals surface area contributed by atoms with Crippen molar-refractivity contribution in [3.8, 4) is 0 Å². The van der Waals surface area contributed by atoms with E-state index in [1.807, 2.05) is 24.3 Å². The summed E-state index contributed by atoms with van der Waals surface area (Å²) >= 11 is 1.40. The summed E-state index contributed by atoms with van der Waals surface area (Å²) in [5.74, 6) is 1.65. The maximum atomic E-state index is 11.0.